The molecule has 1 aliphatic heterocycles. The molecular formula is C22H19Cl2N3O. The molecule has 2 aromatic rings. The van der Waals surface area contributed by atoms with Crippen LogP contribution >= 0.6 is 23.2 Å². The minimum absolute atomic E-state index is 0.0503. The standard InChI is InChI=1S/C22H19Cl2N3O/c1-22(12-25,11-13-8-19(23)27-20(24)9-13)14-6-7-16-15-4-2-3-5-17(15)21(28)26-18(16)10-14/h6-10,17H,2-5,11H2,1H3. The van der Waals surface area contributed by atoms with Crippen LogP contribution < -0.4 is 10.6 Å². The van der Waals surface area contributed by atoms with Crippen molar-refractivity contribution in [3.63, 3.8) is 0 Å². The molecule has 2 aliphatic rings. The number of aromatic nitrogens is 1. The van der Waals surface area contributed by atoms with Gasteiger partial charge in [-0.2, -0.15) is 5.26 Å². The average molecular weight is 412 g/mol. The van der Waals surface area contributed by atoms with Crippen LogP contribution in [0.2, 0.25) is 10.3 Å². The molecule has 2 unspecified atom stereocenters. The van der Waals surface area contributed by atoms with Crippen LogP contribution in [0.25, 0.3) is 5.57 Å². The Bertz CT molecular complexity index is 1120. The lowest BCUT2D eigenvalue weighted by Crippen LogP contribution is -2.40. The maximum Gasteiger partial charge on any atom is 0.253 e. The fraction of sp³-hybridized carbons (Fsp3) is 0.364. The number of fused-ring (bicyclic) bond motifs is 2. The van der Waals surface area contributed by atoms with Crippen LogP contribution in [0.5, 0.6) is 0 Å². The van der Waals surface area contributed by atoms with Gasteiger partial charge in [-0.3, -0.25) is 4.79 Å². The third-order valence-electron chi connectivity index (χ3n) is 5.75. The van der Waals surface area contributed by atoms with E-state index in [-0.39, 0.29) is 11.8 Å². The molecule has 1 aliphatic carbocycles. The molecule has 1 amide bonds. The maximum atomic E-state index is 12.5. The van der Waals surface area contributed by atoms with Gasteiger partial charge in [-0.15, -0.1) is 0 Å². The Kier molecular flexibility index (Phi) is 4.99. The van der Waals surface area contributed by atoms with Crippen LogP contribution in [-0.4, -0.2) is 10.9 Å². The van der Waals surface area contributed by atoms with Crippen LogP contribution in [0.3, 0.4) is 0 Å². The van der Waals surface area contributed by atoms with Gasteiger partial charge < -0.3 is 0 Å². The van der Waals surface area contributed by atoms with Crippen molar-refractivity contribution in [1.82, 2.24) is 4.98 Å². The van der Waals surface area contributed by atoms with E-state index in [2.05, 4.69) is 16.0 Å². The van der Waals surface area contributed by atoms with Gasteiger partial charge in [0.1, 0.15) is 10.3 Å². The van der Waals surface area contributed by atoms with Gasteiger partial charge in [-0.25, -0.2) is 9.98 Å². The summed E-state index contributed by atoms with van der Waals surface area (Å²) in [5.41, 5.74) is 2.06. The number of rotatable bonds is 3. The zero-order valence-corrected chi connectivity index (χ0v) is 17.0. The summed E-state index contributed by atoms with van der Waals surface area (Å²) >= 11 is 12.0. The number of nitrogens with zero attached hydrogens (tertiary/aromatic N) is 3. The first-order valence-electron chi connectivity index (χ1n) is 9.39. The lowest BCUT2D eigenvalue weighted by Gasteiger charge is -2.26. The van der Waals surface area contributed by atoms with Gasteiger partial charge in [0.05, 0.1) is 22.8 Å². The van der Waals surface area contributed by atoms with Crippen LogP contribution in [0.15, 0.2) is 35.3 Å². The third kappa shape index (κ3) is 3.45. The highest BCUT2D eigenvalue weighted by molar-refractivity contribution is 6.32. The molecule has 6 heteroatoms. The minimum Gasteiger partial charge on any atom is -0.272 e. The second-order valence-corrected chi connectivity index (χ2v) is 8.52. The van der Waals surface area contributed by atoms with E-state index in [9.17, 15) is 10.1 Å². The highest BCUT2D eigenvalue weighted by Crippen LogP contribution is 2.32. The summed E-state index contributed by atoms with van der Waals surface area (Å²) in [6.45, 7) is 1.87. The number of amides is 1. The first-order valence-corrected chi connectivity index (χ1v) is 10.1. The van der Waals surface area contributed by atoms with Crippen molar-refractivity contribution in [3.8, 4) is 6.07 Å². The van der Waals surface area contributed by atoms with E-state index in [1.54, 1.807) is 12.1 Å². The maximum absolute atomic E-state index is 12.5. The van der Waals surface area contributed by atoms with E-state index in [1.807, 2.05) is 25.1 Å². The van der Waals surface area contributed by atoms with Gasteiger partial charge in [0.2, 0.25) is 0 Å². The lowest BCUT2D eigenvalue weighted by molar-refractivity contribution is -0.120. The molecule has 0 radical (unpaired) electrons. The molecule has 2 heterocycles. The van der Waals surface area contributed by atoms with Crippen LogP contribution in [0, 0.1) is 17.2 Å². The average Bonchev–Trinajstić information content (AvgIpc) is 2.67. The van der Waals surface area contributed by atoms with Crippen molar-refractivity contribution in [2.24, 2.45) is 10.9 Å². The van der Waals surface area contributed by atoms with E-state index in [0.717, 1.165) is 42.0 Å². The van der Waals surface area contributed by atoms with Crippen molar-refractivity contribution >= 4 is 34.7 Å². The number of hydrogen-bond acceptors (Lipinski definition) is 3. The Labute approximate surface area is 173 Å². The van der Waals surface area contributed by atoms with Crippen molar-refractivity contribution < 1.29 is 4.79 Å². The summed E-state index contributed by atoms with van der Waals surface area (Å²) in [6, 6.07) is 11.8. The SMILES string of the molecule is CC(C#N)(Cc1cc(Cl)nc(Cl)c1)c1ccc2c(c1)=NC(=O)C1CCCCC=21. The summed E-state index contributed by atoms with van der Waals surface area (Å²) < 4.78 is 0. The van der Waals surface area contributed by atoms with Gasteiger partial charge in [-0.05, 0) is 67.5 Å². The molecule has 4 nitrogen and oxygen atoms in total. The fourth-order valence-corrected chi connectivity index (χ4v) is 4.78. The first-order chi connectivity index (χ1) is 13.4. The van der Waals surface area contributed by atoms with Gasteiger partial charge in [0.15, 0.2) is 0 Å². The summed E-state index contributed by atoms with van der Waals surface area (Å²) in [5.74, 6) is -0.110. The van der Waals surface area contributed by atoms with Crippen LogP contribution in [0.4, 0.5) is 0 Å². The number of nitriles is 1. The summed E-state index contributed by atoms with van der Waals surface area (Å²) in [6.07, 6.45) is 4.45. The molecule has 0 bridgehead atoms. The summed E-state index contributed by atoms with van der Waals surface area (Å²) in [7, 11) is 0. The number of carbonyl (C=O) groups is 1. The van der Waals surface area contributed by atoms with E-state index in [4.69, 9.17) is 23.2 Å². The Balaban J connectivity index is 1.79. The molecule has 0 spiro atoms. The second-order valence-electron chi connectivity index (χ2n) is 7.75. The predicted octanol–water partition coefficient (Wildman–Crippen LogP) is 3.91. The topological polar surface area (TPSA) is 66.1 Å². The Hall–Kier alpha value is -2.22. The van der Waals surface area contributed by atoms with Crippen molar-refractivity contribution in [2.45, 2.75) is 44.4 Å². The van der Waals surface area contributed by atoms with Gasteiger partial charge in [0.25, 0.3) is 5.91 Å². The predicted molar refractivity (Wildman–Crippen MR) is 109 cm³/mol. The molecule has 1 fully saturated rings. The molecule has 142 valence electrons. The first kappa shape index (κ1) is 19.1. The van der Waals surface area contributed by atoms with Gasteiger partial charge >= 0.3 is 0 Å². The van der Waals surface area contributed by atoms with E-state index < -0.39 is 5.41 Å². The molecule has 1 aromatic carbocycles. The minimum atomic E-state index is -0.810. The highest BCUT2D eigenvalue weighted by Gasteiger charge is 2.31. The highest BCUT2D eigenvalue weighted by atomic mass is 35.5. The largest absolute Gasteiger partial charge is 0.272 e. The number of benzene rings is 1. The monoisotopic (exact) mass is 411 g/mol. The zero-order chi connectivity index (χ0) is 19.9. The molecule has 28 heavy (non-hydrogen) atoms. The second kappa shape index (κ2) is 7.31. The van der Waals surface area contributed by atoms with Crippen molar-refractivity contribution in [1.29, 1.82) is 5.26 Å². The van der Waals surface area contributed by atoms with Crippen LogP contribution in [-0.2, 0) is 16.6 Å². The van der Waals surface area contributed by atoms with E-state index >= 15 is 0 Å². The smallest absolute Gasteiger partial charge is 0.253 e. The van der Waals surface area contributed by atoms with E-state index in [1.165, 1.54) is 5.57 Å². The molecular weight excluding hydrogens is 393 g/mol. The molecule has 1 saturated carbocycles. The molecule has 0 saturated heterocycles. The number of carbonyl (C=O) groups excluding carboxylic acids is 1. The summed E-state index contributed by atoms with van der Waals surface area (Å²) in [5, 5.41) is 12.3. The number of hydrogen-bond donors (Lipinski definition) is 0. The fourth-order valence-electron chi connectivity index (χ4n) is 4.27. The Morgan fingerprint density at radius 3 is 2.68 bits per heavy atom. The summed E-state index contributed by atoms with van der Waals surface area (Å²) in [4.78, 5) is 20.8. The van der Waals surface area contributed by atoms with Gasteiger partial charge in [0, 0.05) is 5.22 Å². The normalized spacial score (nSPS) is 20.4. The molecule has 2 atom stereocenters. The number of halogens is 2. The third-order valence-corrected chi connectivity index (χ3v) is 6.13. The zero-order valence-electron chi connectivity index (χ0n) is 15.5. The van der Waals surface area contributed by atoms with E-state index in [0.29, 0.717) is 22.1 Å². The van der Waals surface area contributed by atoms with Crippen LogP contribution in [0.1, 0.15) is 43.7 Å². The Morgan fingerprint density at radius 1 is 1.21 bits per heavy atom. The van der Waals surface area contributed by atoms with Crippen molar-refractivity contribution in [3.05, 3.63) is 62.3 Å². The van der Waals surface area contributed by atoms with Crippen molar-refractivity contribution in [2.75, 3.05) is 0 Å². The Morgan fingerprint density at radius 2 is 1.96 bits per heavy atom. The molecule has 4 rings (SSSR count). The quantitative estimate of drug-likeness (QED) is 0.718. The molecule has 0 N–H and O–H groups in total. The number of pyridine rings is 1. The lowest BCUT2D eigenvalue weighted by atomic mass is 9.77. The van der Waals surface area contributed by atoms with Gasteiger partial charge in [-0.1, -0.05) is 41.8 Å². The molecule has 1 aromatic heterocycles.